The number of ether oxygens (including phenoxy) is 2. The van der Waals surface area contributed by atoms with Gasteiger partial charge in [-0.25, -0.2) is 9.37 Å². The van der Waals surface area contributed by atoms with Gasteiger partial charge in [-0.3, -0.25) is 9.78 Å². The second-order valence-electron chi connectivity index (χ2n) is 8.04. The summed E-state index contributed by atoms with van der Waals surface area (Å²) in [5.74, 6) is 1.14. The summed E-state index contributed by atoms with van der Waals surface area (Å²) in [6.45, 7) is 0.444. The first-order valence-electron chi connectivity index (χ1n) is 11.4. The van der Waals surface area contributed by atoms with Crippen molar-refractivity contribution in [1.29, 1.82) is 0 Å². The van der Waals surface area contributed by atoms with E-state index < -0.39 is 5.82 Å². The van der Waals surface area contributed by atoms with Gasteiger partial charge in [0.05, 0.1) is 17.2 Å². The molecule has 0 spiro atoms. The predicted molar refractivity (Wildman–Crippen MR) is 133 cm³/mol. The summed E-state index contributed by atoms with van der Waals surface area (Å²) < 4.78 is 27.8. The quantitative estimate of drug-likeness (QED) is 0.310. The molecule has 0 bridgehead atoms. The summed E-state index contributed by atoms with van der Waals surface area (Å²) in [7, 11) is 0. The molecular weight excluding hydrogens is 459 g/mol. The zero-order valence-corrected chi connectivity index (χ0v) is 19.3. The third kappa shape index (κ3) is 5.50. The van der Waals surface area contributed by atoms with Crippen molar-refractivity contribution in [2.24, 2.45) is 0 Å². The summed E-state index contributed by atoms with van der Waals surface area (Å²) in [6.07, 6.45) is 3.12. The Morgan fingerprint density at radius 2 is 1.75 bits per heavy atom. The van der Waals surface area contributed by atoms with E-state index in [-0.39, 0.29) is 31.4 Å². The first-order chi connectivity index (χ1) is 17.7. The smallest absolute Gasteiger partial charge is 0.240 e. The fourth-order valence-electron chi connectivity index (χ4n) is 3.75. The van der Waals surface area contributed by atoms with Crippen molar-refractivity contribution in [3.63, 3.8) is 0 Å². The molecule has 1 N–H and O–H groups in total. The monoisotopic (exact) mass is 482 g/mol. The molecule has 5 aromatic rings. The van der Waals surface area contributed by atoms with Crippen LogP contribution in [0.15, 0.2) is 97.3 Å². The number of hydrogen-bond donors (Lipinski definition) is 1. The van der Waals surface area contributed by atoms with Crippen LogP contribution in [0.1, 0.15) is 11.4 Å². The molecule has 0 fully saturated rings. The highest BCUT2D eigenvalue weighted by Crippen LogP contribution is 2.24. The second-order valence-corrected chi connectivity index (χ2v) is 8.04. The molecule has 2 aromatic heterocycles. The van der Waals surface area contributed by atoms with Gasteiger partial charge in [0.2, 0.25) is 5.91 Å². The zero-order valence-electron chi connectivity index (χ0n) is 19.3. The van der Waals surface area contributed by atoms with Gasteiger partial charge < -0.3 is 19.4 Å². The molecule has 1 amide bonds. The molecule has 180 valence electrons. The highest BCUT2D eigenvalue weighted by Gasteiger charge is 2.15. The van der Waals surface area contributed by atoms with Crippen LogP contribution in [-0.2, 0) is 24.5 Å². The third-order valence-corrected chi connectivity index (χ3v) is 5.49. The van der Waals surface area contributed by atoms with Gasteiger partial charge in [0, 0.05) is 12.7 Å². The average Bonchev–Trinajstić information content (AvgIpc) is 3.26. The highest BCUT2D eigenvalue weighted by molar-refractivity contribution is 5.81. The van der Waals surface area contributed by atoms with Crippen molar-refractivity contribution in [2.75, 3.05) is 0 Å². The Bertz CT molecular complexity index is 1470. The number of para-hydroxylation sites is 3. The predicted octanol–water partition coefficient (Wildman–Crippen LogP) is 5.26. The highest BCUT2D eigenvalue weighted by atomic mass is 19.1. The largest absolute Gasteiger partial charge is 0.486 e. The van der Waals surface area contributed by atoms with Gasteiger partial charge in [-0.05, 0) is 54.1 Å². The van der Waals surface area contributed by atoms with E-state index in [0.29, 0.717) is 17.1 Å². The number of nitrogens with zero attached hydrogens (tertiary/aromatic N) is 3. The maximum Gasteiger partial charge on any atom is 0.240 e. The number of carbonyl (C=O) groups excluding carboxylic acids is 1. The van der Waals surface area contributed by atoms with Crippen LogP contribution in [0.5, 0.6) is 17.2 Å². The van der Waals surface area contributed by atoms with Gasteiger partial charge >= 0.3 is 0 Å². The fraction of sp³-hybridized carbons (Fsp3) is 0.107. The zero-order chi connectivity index (χ0) is 24.7. The normalized spacial score (nSPS) is 10.8. The van der Waals surface area contributed by atoms with Gasteiger partial charge in [-0.2, -0.15) is 0 Å². The summed E-state index contributed by atoms with van der Waals surface area (Å²) in [5.41, 5.74) is 2.23. The van der Waals surface area contributed by atoms with E-state index in [1.54, 1.807) is 24.4 Å². The lowest BCUT2D eigenvalue weighted by atomic mass is 10.2. The molecular formula is C28H23FN4O3. The Hall–Kier alpha value is -4.72. The molecule has 8 heteroatoms. The number of benzene rings is 3. The Balaban J connectivity index is 1.24. The van der Waals surface area contributed by atoms with Gasteiger partial charge in [-0.1, -0.05) is 36.4 Å². The molecule has 0 unspecified atom stereocenters. The summed E-state index contributed by atoms with van der Waals surface area (Å²) in [4.78, 5) is 21.4. The number of aromatic nitrogens is 3. The molecule has 5 rings (SSSR count). The van der Waals surface area contributed by atoms with E-state index in [4.69, 9.17) is 9.47 Å². The van der Waals surface area contributed by atoms with Gasteiger partial charge in [0.1, 0.15) is 30.5 Å². The van der Waals surface area contributed by atoms with Gasteiger partial charge in [-0.15, -0.1) is 0 Å². The molecule has 0 aliphatic carbocycles. The lowest BCUT2D eigenvalue weighted by Gasteiger charge is -2.12. The number of carbonyl (C=O) groups is 1. The fourth-order valence-corrected chi connectivity index (χ4v) is 3.75. The first-order valence-corrected chi connectivity index (χ1v) is 11.4. The van der Waals surface area contributed by atoms with Crippen molar-refractivity contribution in [3.8, 4) is 17.2 Å². The van der Waals surface area contributed by atoms with E-state index >= 15 is 0 Å². The maximum atomic E-state index is 14.5. The molecule has 36 heavy (non-hydrogen) atoms. The van der Waals surface area contributed by atoms with Gasteiger partial charge in [0.15, 0.2) is 11.6 Å². The van der Waals surface area contributed by atoms with Crippen LogP contribution in [-0.4, -0.2) is 20.4 Å². The molecule has 3 aromatic carbocycles. The van der Waals surface area contributed by atoms with E-state index in [1.807, 2.05) is 59.2 Å². The molecule has 0 atom stereocenters. The number of amides is 1. The standard InChI is InChI=1S/C28H23FN4O3/c29-23-15-20(12-13-26(23)36-22-9-6-14-30-17-22)16-31-28(34)18-33-25-11-5-4-10-24(25)32-27(33)19-35-21-7-2-1-3-8-21/h1-15,17H,16,18-19H2,(H,31,34). The Kier molecular flexibility index (Phi) is 6.84. The molecule has 2 heterocycles. The van der Waals surface area contributed by atoms with Crippen LogP contribution in [0, 0.1) is 5.82 Å². The molecule has 0 saturated carbocycles. The van der Waals surface area contributed by atoms with E-state index in [2.05, 4.69) is 15.3 Å². The van der Waals surface area contributed by atoms with Crippen LogP contribution < -0.4 is 14.8 Å². The lowest BCUT2D eigenvalue weighted by molar-refractivity contribution is -0.121. The number of nitrogens with one attached hydrogen (secondary N) is 1. The van der Waals surface area contributed by atoms with E-state index in [9.17, 15) is 9.18 Å². The second kappa shape index (κ2) is 10.7. The topological polar surface area (TPSA) is 78.3 Å². The van der Waals surface area contributed by atoms with Crippen molar-refractivity contribution < 1.29 is 18.7 Å². The van der Waals surface area contributed by atoms with Gasteiger partial charge in [0.25, 0.3) is 0 Å². The van der Waals surface area contributed by atoms with Crippen molar-refractivity contribution in [3.05, 3.63) is 115 Å². The number of pyridine rings is 1. The first kappa shape index (κ1) is 23.0. The minimum Gasteiger partial charge on any atom is -0.486 e. The van der Waals surface area contributed by atoms with Crippen molar-refractivity contribution >= 4 is 16.9 Å². The summed E-state index contributed by atoms with van der Waals surface area (Å²) in [5, 5.41) is 2.85. The number of rotatable bonds is 9. The summed E-state index contributed by atoms with van der Waals surface area (Å²) >= 11 is 0. The van der Waals surface area contributed by atoms with E-state index in [1.165, 1.54) is 18.3 Å². The Morgan fingerprint density at radius 3 is 2.56 bits per heavy atom. The molecule has 0 aliphatic heterocycles. The van der Waals surface area contributed by atoms with Crippen molar-refractivity contribution in [1.82, 2.24) is 19.9 Å². The van der Waals surface area contributed by atoms with Crippen LogP contribution in [0.4, 0.5) is 4.39 Å². The van der Waals surface area contributed by atoms with Crippen molar-refractivity contribution in [2.45, 2.75) is 19.7 Å². The Morgan fingerprint density at radius 1 is 0.944 bits per heavy atom. The molecule has 0 aliphatic rings. The van der Waals surface area contributed by atoms with Crippen LogP contribution in [0.3, 0.4) is 0 Å². The number of fused-ring (bicyclic) bond motifs is 1. The lowest BCUT2D eigenvalue weighted by Crippen LogP contribution is -2.28. The Labute approximate surface area is 207 Å². The maximum absolute atomic E-state index is 14.5. The number of halogens is 1. The minimum atomic E-state index is -0.522. The van der Waals surface area contributed by atoms with Crippen LogP contribution in [0.2, 0.25) is 0 Å². The molecule has 7 nitrogen and oxygen atoms in total. The average molecular weight is 483 g/mol. The minimum absolute atomic E-state index is 0.0542. The number of hydrogen-bond acceptors (Lipinski definition) is 5. The number of imidazole rings is 1. The molecule has 0 saturated heterocycles. The third-order valence-electron chi connectivity index (χ3n) is 5.49. The van der Waals surface area contributed by atoms with E-state index in [0.717, 1.165) is 16.8 Å². The van der Waals surface area contributed by atoms with Crippen LogP contribution in [0.25, 0.3) is 11.0 Å². The SMILES string of the molecule is O=C(Cn1c(COc2ccccc2)nc2ccccc21)NCc1ccc(Oc2cccnc2)c(F)c1. The molecule has 0 radical (unpaired) electrons. The summed E-state index contributed by atoms with van der Waals surface area (Å²) in [6, 6.07) is 25.0. The van der Waals surface area contributed by atoms with Crippen LogP contribution >= 0.6 is 0 Å².